The Morgan fingerprint density at radius 2 is 1.91 bits per heavy atom. The van der Waals surface area contributed by atoms with Crippen molar-refractivity contribution < 1.29 is 21.9 Å². The van der Waals surface area contributed by atoms with Crippen molar-refractivity contribution in [3.63, 3.8) is 0 Å². The molecule has 0 saturated carbocycles. The molecule has 0 fully saturated rings. The molecule has 0 unspecified atom stereocenters. The van der Waals surface area contributed by atoms with Gasteiger partial charge in [0.15, 0.2) is 6.61 Å². The van der Waals surface area contributed by atoms with Crippen LogP contribution in [0, 0.1) is 6.92 Å². The number of aromatic nitrogens is 2. The highest BCUT2D eigenvalue weighted by molar-refractivity contribution is 7.92. The first-order valence-corrected chi connectivity index (χ1v) is 7.69. The second-order valence-corrected chi connectivity index (χ2v) is 5.93. The van der Waals surface area contributed by atoms with E-state index in [0.29, 0.717) is 5.56 Å². The van der Waals surface area contributed by atoms with Gasteiger partial charge >= 0.3 is 0 Å². The summed E-state index contributed by atoms with van der Waals surface area (Å²) in [6, 6.07) is 6.34. The molecular formula is C13H13F2N3O3S. The van der Waals surface area contributed by atoms with Crippen molar-refractivity contribution in [2.75, 3.05) is 11.3 Å². The number of sulfonamides is 1. The van der Waals surface area contributed by atoms with E-state index >= 15 is 0 Å². The number of anilines is 1. The molecule has 1 aromatic carbocycles. The molecule has 0 bridgehead atoms. The highest BCUT2D eigenvalue weighted by atomic mass is 32.2. The zero-order valence-corrected chi connectivity index (χ0v) is 12.3. The second kappa shape index (κ2) is 6.65. The Bertz CT molecular complexity index is 754. The van der Waals surface area contributed by atoms with Gasteiger partial charge in [0.05, 0.1) is 4.90 Å². The number of halogens is 2. The fraction of sp³-hybridized carbons (Fsp3) is 0.231. The van der Waals surface area contributed by atoms with Gasteiger partial charge in [-0.15, -0.1) is 0 Å². The first kappa shape index (κ1) is 16.1. The topological polar surface area (TPSA) is 81.2 Å². The van der Waals surface area contributed by atoms with Gasteiger partial charge in [-0.3, -0.25) is 4.72 Å². The van der Waals surface area contributed by atoms with Gasteiger partial charge in [-0.25, -0.2) is 27.2 Å². The van der Waals surface area contributed by atoms with Crippen LogP contribution in [-0.2, 0) is 10.0 Å². The summed E-state index contributed by atoms with van der Waals surface area (Å²) in [4.78, 5) is 7.54. The maximum atomic E-state index is 12.3. The molecule has 2 aromatic rings. The number of nitrogens with one attached hydrogen (secondary N) is 1. The van der Waals surface area contributed by atoms with Crippen molar-refractivity contribution in [3.05, 3.63) is 42.2 Å². The van der Waals surface area contributed by atoms with Crippen LogP contribution in [-0.4, -0.2) is 31.4 Å². The SMILES string of the molecule is Cc1ccccc1S(=O)(=O)Nc1nccnc1OCC(F)F. The lowest BCUT2D eigenvalue weighted by molar-refractivity contribution is 0.0798. The van der Waals surface area contributed by atoms with Crippen molar-refractivity contribution in [2.24, 2.45) is 0 Å². The van der Waals surface area contributed by atoms with Gasteiger partial charge in [-0.05, 0) is 18.6 Å². The van der Waals surface area contributed by atoms with Crippen molar-refractivity contribution in [1.29, 1.82) is 0 Å². The zero-order valence-electron chi connectivity index (χ0n) is 11.5. The van der Waals surface area contributed by atoms with Gasteiger partial charge in [0, 0.05) is 12.4 Å². The maximum Gasteiger partial charge on any atom is 0.272 e. The number of aryl methyl sites for hydroxylation is 1. The van der Waals surface area contributed by atoms with Crippen LogP contribution in [0.3, 0.4) is 0 Å². The van der Waals surface area contributed by atoms with Crippen LogP contribution in [0.15, 0.2) is 41.6 Å². The summed E-state index contributed by atoms with van der Waals surface area (Å²) in [6.07, 6.45) is -0.264. The lowest BCUT2D eigenvalue weighted by atomic mass is 10.2. The molecule has 1 aromatic heterocycles. The van der Waals surface area contributed by atoms with Gasteiger partial charge in [0.2, 0.25) is 5.82 Å². The third-order valence-corrected chi connectivity index (χ3v) is 4.12. The quantitative estimate of drug-likeness (QED) is 0.879. The Morgan fingerprint density at radius 3 is 2.59 bits per heavy atom. The molecule has 0 saturated heterocycles. The van der Waals surface area contributed by atoms with E-state index in [1.54, 1.807) is 25.1 Å². The predicted molar refractivity (Wildman–Crippen MR) is 75.5 cm³/mol. The minimum Gasteiger partial charge on any atom is -0.469 e. The van der Waals surface area contributed by atoms with Crippen LogP contribution in [0.4, 0.5) is 14.6 Å². The molecule has 0 amide bonds. The average molecular weight is 329 g/mol. The summed E-state index contributed by atoms with van der Waals surface area (Å²) in [5.41, 5.74) is 0.536. The van der Waals surface area contributed by atoms with Crippen LogP contribution in [0.2, 0.25) is 0 Å². The van der Waals surface area contributed by atoms with E-state index < -0.39 is 23.1 Å². The zero-order chi connectivity index (χ0) is 16.2. The van der Waals surface area contributed by atoms with E-state index in [1.807, 2.05) is 0 Å². The number of rotatable bonds is 6. The highest BCUT2D eigenvalue weighted by Crippen LogP contribution is 2.23. The number of nitrogens with zero attached hydrogens (tertiary/aromatic N) is 2. The molecule has 0 radical (unpaired) electrons. The van der Waals surface area contributed by atoms with Gasteiger partial charge < -0.3 is 4.74 Å². The fourth-order valence-corrected chi connectivity index (χ4v) is 2.94. The Labute approximate surface area is 126 Å². The van der Waals surface area contributed by atoms with Crippen LogP contribution in [0.25, 0.3) is 0 Å². The molecular weight excluding hydrogens is 316 g/mol. The van der Waals surface area contributed by atoms with Gasteiger partial charge in [0.1, 0.15) is 0 Å². The summed E-state index contributed by atoms with van der Waals surface area (Å²) >= 11 is 0. The van der Waals surface area contributed by atoms with Crippen molar-refractivity contribution >= 4 is 15.8 Å². The van der Waals surface area contributed by atoms with E-state index in [-0.39, 0.29) is 16.6 Å². The second-order valence-electron chi connectivity index (χ2n) is 4.28. The number of alkyl halides is 2. The summed E-state index contributed by atoms with van der Waals surface area (Å²) in [6.45, 7) is 0.733. The standard InChI is InChI=1S/C13H13F2N3O3S/c1-9-4-2-3-5-10(9)22(19,20)18-12-13(17-7-6-16-12)21-8-11(14)15/h2-7,11H,8H2,1H3,(H,16,18). The van der Waals surface area contributed by atoms with Gasteiger partial charge in [0.25, 0.3) is 22.3 Å². The fourth-order valence-electron chi connectivity index (χ4n) is 1.68. The van der Waals surface area contributed by atoms with Gasteiger partial charge in [-0.1, -0.05) is 18.2 Å². The normalized spacial score (nSPS) is 11.5. The summed E-state index contributed by atoms with van der Waals surface area (Å²) in [7, 11) is -3.93. The monoisotopic (exact) mass is 329 g/mol. The molecule has 0 aliphatic carbocycles. The minimum atomic E-state index is -3.93. The van der Waals surface area contributed by atoms with E-state index in [2.05, 4.69) is 14.7 Å². The van der Waals surface area contributed by atoms with Crippen molar-refractivity contribution in [1.82, 2.24) is 9.97 Å². The number of hydrogen-bond acceptors (Lipinski definition) is 5. The lowest BCUT2D eigenvalue weighted by Gasteiger charge is -2.12. The smallest absolute Gasteiger partial charge is 0.272 e. The molecule has 0 atom stereocenters. The maximum absolute atomic E-state index is 12.3. The van der Waals surface area contributed by atoms with Gasteiger partial charge in [-0.2, -0.15) is 0 Å². The largest absolute Gasteiger partial charge is 0.469 e. The van der Waals surface area contributed by atoms with Crippen LogP contribution in [0.5, 0.6) is 5.88 Å². The molecule has 1 N–H and O–H groups in total. The predicted octanol–water partition coefficient (Wildman–Crippen LogP) is 2.23. The Kier molecular flexibility index (Phi) is 4.86. The minimum absolute atomic E-state index is 0.0560. The Morgan fingerprint density at radius 1 is 1.23 bits per heavy atom. The van der Waals surface area contributed by atoms with E-state index in [9.17, 15) is 17.2 Å². The third kappa shape index (κ3) is 3.88. The molecule has 0 aliphatic rings. The van der Waals surface area contributed by atoms with E-state index in [4.69, 9.17) is 4.74 Å². The molecule has 6 nitrogen and oxygen atoms in total. The molecule has 9 heteroatoms. The molecule has 1 heterocycles. The molecule has 22 heavy (non-hydrogen) atoms. The summed E-state index contributed by atoms with van der Waals surface area (Å²) in [5.74, 6) is -0.550. The van der Waals surface area contributed by atoms with Crippen LogP contribution in [0.1, 0.15) is 5.56 Å². The summed E-state index contributed by atoms with van der Waals surface area (Å²) in [5, 5.41) is 0. The van der Waals surface area contributed by atoms with E-state index in [0.717, 1.165) is 0 Å². The Balaban J connectivity index is 2.29. The van der Waals surface area contributed by atoms with Crippen molar-refractivity contribution in [2.45, 2.75) is 18.2 Å². The average Bonchev–Trinajstić information content (AvgIpc) is 2.46. The number of hydrogen-bond donors (Lipinski definition) is 1. The first-order chi connectivity index (χ1) is 10.4. The molecule has 0 aliphatic heterocycles. The van der Waals surface area contributed by atoms with Crippen LogP contribution < -0.4 is 9.46 Å². The highest BCUT2D eigenvalue weighted by Gasteiger charge is 2.20. The molecule has 118 valence electrons. The molecule has 2 rings (SSSR count). The lowest BCUT2D eigenvalue weighted by Crippen LogP contribution is -2.17. The first-order valence-electron chi connectivity index (χ1n) is 6.20. The molecule has 0 spiro atoms. The Hall–Kier alpha value is -2.29. The number of ether oxygens (including phenoxy) is 1. The summed E-state index contributed by atoms with van der Waals surface area (Å²) < 4.78 is 56.0. The number of benzene rings is 1. The van der Waals surface area contributed by atoms with E-state index in [1.165, 1.54) is 18.5 Å². The van der Waals surface area contributed by atoms with Crippen molar-refractivity contribution in [3.8, 4) is 5.88 Å². The third-order valence-electron chi connectivity index (χ3n) is 2.62. The van der Waals surface area contributed by atoms with Crippen LogP contribution >= 0.6 is 0 Å².